The van der Waals surface area contributed by atoms with E-state index in [2.05, 4.69) is 12.1 Å². The number of nitrogens with two attached hydrogens (primary N) is 1. The maximum Gasteiger partial charge on any atom is 0.231 e. The molecule has 2 N–H and O–H groups in total. The van der Waals surface area contributed by atoms with Crippen molar-refractivity contribution in [1.82, 2.24) is 0 Å². The van der Waals surface area contributed by atoms with Crippen molar-refractivity contribution in [2.24, 2.45) is 5.73 Å². The molecule has 0 aliphatic carbocycles. The number of ether oxygens (including phenoxy) is 2. The quantitative estimate of drug-likeness (QED) is 0.869. The first-order valence-corrected chi connectivity index (χ1v) is 7.14. The van der Waals surface area contributed by atoms with Crippen LogP contribution in [0.5, 0.6) is 11.5 Å². The summed E-state index contributed by atoms with van der Waals surface area (Å²) in [5, 5.41) is 0. The molecule has 0 saturated heterocycles. The molecule has 1 aliphatic rings. The van der Waals surface area contributed by atoms with Crippen LogP contribution in [0.1, 0.15) is 11.6 Å². The Kier molecular flexibility index (Phi) is 3.62. The molecular weight excluding hydrogens is 258 g/mol. The molecule has 1 unspecified atom stereocenters. The highest BCUT2D eigenvalue weighted by Gasteiger charge is 2.16. The average Bonchev–Trinajstić information content (AvgIpc) is 2.93. The van der Waals surface area contributed by atoms with E-state index in [4.69, 9.17) is 15.2 Å². The van der Waals surface area contributed by atoms with Crippen LogP contribution in [0.25, 0.3) is 0 Å². The Labute approximate surface area is 116 Å². The smallest absolute Gasteiger partial charge is 0.231 e. The highest BCUT2D eigenvalue weighted by atomic mass is 32.2. The van der Waals surface area contributed by atoms with Crippen molar-refractivity contribution in [3.8, 4) is 11.5 Å². The second-order valence-corrected chi connectivity index (χ2v) is 5.44. The molecule has 0 spiro atoms. The van der Waals surface area contributed by atoms with Gasteiger partial charge in [0.25, 0.3) is 0 Å². The molecule has 1 heterocycles. The van der Waals surface area contributed by atoms with Crippen LogP contribution in [0.15, 0.2) is 53.4 Å². The summed E-state index contributed by atoms with van der Waals surface area (Å²) < 4.78 is 10.7. The second kappa shape index (κ2) is 5.55. The van der Waals surface area contributed by atoms with E-state index in [1.54, 1.807) is 11.8 Å². The predicted molar refractivity (Wildman–Crippen MR) is 76.7 cm³/mol. The molecule has 0 aromatic heterocycles. The third kappa shape index (κ3) is 2.85. The molecule has 2 aromatic rings. The van der Waals surface area contributed by atoms with E-state index >= 15 is 0 Å². The van der Waals surface area contributed by atoms with Gasteiger partial charge in [-0.2, -0.15) is 0 Å². The number of hydrogen-bond acceptors (Lipinski definition) is 4. The molecule has 0 saturated carbocycles. The maximum absolute atomic E-state index is 6.22. The second-order valence-electron chi connectivity index (χ2n) is 4.34. The van der Waals surface area contributed by atoms with Gasteiger partial charge in [-0.15, -0.1) is 11.8 Å². The van der Waals surface area contributed by atoms with E-state index in [9.17, 15) is 0 Å². The first-order chi connectivity index (χ1) is 9.33. The minimum absolute atomic E-state index is 0.0142. The standard InChI is InChI=1S/C15H15NO2S/c16-13(9-19-12-4-2-1-3-5-12)11-6-7-14-15(8-11)18-10-17-14/h1-8,13H,9-10,16H2. The van der Waals surface area contributed by atoms with Gasteiger partial charge in [-0.25, -0.2) is 0 Å². The summed E-state index contributed by atoms with van der Waals surface area (Å²) in [5.74, 6) is 2.42. The minimum Gasteiger partial charge on any atom is -0.454 e. The van der Waals surface area contributed by atoms with Crippen molar-refractivity contribution < 1.29 is 9.47 Å². The lowest BCUT2D eigenvalue weighted by Crippen LogP contribution is -2.12. The van der Waals surface area contributed by atoms with Crippen LogP contribution in [-0.4, -0.2) is 12.5 Å². The molecule has 1 aliphatic heterocycles. The molecule has 2 aromatic carbocycles. The predicted octanol–water partition coefficient (Wildman–Crippen LogP) is 3.21. The molecule has 0 fully saturated rings. The number of rotatable bonds is 4. The van der Waals surface area contributed by atoms with Gasteiger partial charge in [0.2, 0.25) is 6.79 Å². The van der Waals surface area contributed by atoms with Crippen LogP contribution in [0.4, 0.5) is 0 Å². The Bertz CT molecular complexity index is 559. The SMILES string of the molecule is NC(CSc1ccccc1)c1ccc2c(c1)OCO2. The summed E-state index contributed by atoms with van der Waals surface area (Å²) in [7, 11) is 0. The monoisotopic (exact) mass is 273 g/mol. The largest absolute Gasteiger partial charge is 0.454 e. The topological polar surface area (TPSA) is 44.5 Å². The van der Waals surface area contributed by atoms with E-state index in [1.165, 1.54) is 4.90 Å². The lowest BCUT2D eigenvalue weighted by atomic mass is 10.1. The lowest BCUT2D eigenvalue weighted by molar-refractivity contribution is 0.174. The van der Waals surface area contributed by atoms with Crippen molar-refractivity contribution in [1.29, 1.82) is 0 Å². The van der Waals surface area contributed by atoms with Gasteiger partial charge < -0.3 is 15.2 Å². The summed E-state index contributed by atoms with van der Waals surface area (Å²) >= 11 is 1.76. The third-order valence-corrected chi connectivity index (χ3v) is 4.13. The molecule has 0 radical (unpaired) electrons. The van der Waals surface area contributed by atoms with Crippen LogP contribution >= 0.6 is 11.8 Å². The van der Waals surface area contributed by atoms with Gasteiger partial charge in [0.15, 0.2) is 11.5 Å². The number of hydrogen-bond donors (Lipinski definition) is 1. The Morgan fingerprint density at radius 2 is 1.84 bits per heavy atom. The van der Waals surface area contributed by atoms with Gasteiger partial charge in [0, 0.05) is 16.7 Å². The van der Waals surface area contributed by atoms with Crippen LogP contribution in [0.2, 0.25) is 0 Å². The van der Waals surface area contributed by atoms with Crippen molar-refractivity contribution in [2.45, 2.75) is 10.9 Å². The van der Waals surface area contributed by atoms with Gasteiger partial charge in [0.1, 0.15) is 0 Å². The highest BCUT2D eigenvalue weighted by molar-refractivity contribution is 7.99. The molecule has 1 atom stereocenters. The van der Waals surface area contributed by atoms with Crippen molar-refractivity contribution in [3.63, 3.8) is 0 Å². The van der Waals surface area contributed by atoms with Gasteiger partial charge in [-0.3, -0.25) is 0 Å². The average molecular weight is 273 g/mol. The Hall–Kier alpha value is -1.65. The molecule has 3 nitrogen and oxygen atoms in total. The van der Waals surface area contributed by atoms with Gasteiger partial charge in [-0.05, 0) is 29.8 Å². The Balaban J connectivity index is 1.65. The number of fused-ring (bicyclic) bond motifs is 1. The van der Waals surface area contributed by atoms with Crippen LogP contribution in [-0.2, 0) is 0 Å². The van der Waals surface area contributed by atoms with E-state index < -0.39 is 0 Å². The van der Waals surface area contributed by atoms with E-state index in [-0.39, 0.29) is 6.04 Å². The maximum atomic E-state index is 6.22. The Morgan fingerprint density at radius 3 is 2.68 bits per heavy atom. The molecule has 0 amide bonds. The molecular formula is C15H15NO2S. The minimum atomic E-state index is -0.0142. The zero-order valence-electron chi connectivity index (χ0n) is 10.4. The first-order valence-electron chi connectivity index (χ1n) is 6.16. The fraction of sp³-hybridized carbons (Fsp3) is 0.200. The number of benzene rings is 2. The van der Waals surface area contributed by atoms with Gasteiger partial charge in [-0.1, -0.05) is 24.3 Å². The summed E-state index contributed by atoms with van der Waals surface area (Å²) in [4.78, 5) is 1.23. The van der Waals surface area contributed by atoms with E-state index in [1.807, 2.05) is 36.4 Å². The van der Waals surface area contributed by atoms with Crippen molar-refractivity contribution in [2.75, 3.05) is 12.5 Å². The summed E-state index contributed by atoms with van der Waals surface area (Å²) in [6, 6.07) is 16.2. The summed E-state index contributed by atoms with van der Waals surface area (Å²) in [6.07, 6.45) is 0. The zero-order chi connectivity index (χ0) is 13.1. The molecule has 3 rings (SSSR count). The lowest BCUT2D eigenvalue weighted by Gasteiger charge is -2.12. The Morgan fingerprint density at radius 1 is 1.05 bits per heavy atom. The molecule has 19 heavy (non-hydrogen) atoms. The normalized spacial score (nSPS) is 14.4. The van der Waals surface area contributed by atoms with E-state index in [0.29, 0.717) is 6.79 Å². The molecule has 98 valence electrons. The van der Waals surface area contributed by atoms with Crippen molar-refractivity contribution >= 4 is 11.8 Å². The summed E-state index contributed by atoms with van der Waals surface area (Å²) in [6.45, 7) is 0.298. The third-order valence-electron chi connectivity index (χ3n) is 3.00. The van der Waals surface area contributed by atoms with Gasteiger partial charge in [0.05, 0.1) is 0 Å². The van der Waals surface area contributed by atoms with E-state index in [0.717, 1.165) is 22.8 Å². The van der Waals surface area contributed by atoms with Crippen LogP contribution < -0.4 is 15.2 Å². The zero-order valence-corrected chi connectivity index (χ0v) is 11.2. The fourth-order valence-corrected chi connectivity index (χ4v) is 2.86. The molecule has 0 bridgehead atoms. The van der Waals surface area contributed by atoms with Gasteiger partial charge >= 0.3 is 0 Å². The van der Waals surface area contributed by atoms with Crippen LogP contribution in [0.3, 0.4) is 0 Å². The summed E-state index contributed by atoms with van der Waals surface area (Å²) in [5.41, 5.74) is 7.30. The molecule has 4 heteroatoms. The highest BCUT2D eigenvalue weighted by Crippen LogP contribution is 2.34. The number of thioether (sulfide) groups is 1. The van der Waals surface area contributed by atoms with Crippen molar-refractivity contribution in [3.05, 3.63) is 54.1 Å². The fourth-order valence-electron chi connectivity index (χ4n) is 1.94. The van der Waals surface area contributed by atoms with Crippen LogP contribution in [0, 0.1) is 0 Å². The first kappa shape index (κ1) is 12.4.